The van der Waals surface area contributed by atoms with Gasteiger partial charge < -0.3 is 0 Å². The minimum atomic E-state index is -2.59. The first-order valence-electron chi connectivity index (χ1n) is 11.6. The van der Waals surface area contributed by atoms with Gasteiger partial charge in [0.15, 0.2) is 0 Å². The fourth-order valence-corrected chi connectivity index (χ4v) is 11.7. The van der Waals surface area contributed by atoms with Crippen molar-refractivity contribution in [3.63, 3.8) is 0 Å². The summed E-state index contributed by atoms with van der Waals surface area (Å²) in [4.78, 5) is 0. The molecule has 5 heteroatoms. The summed E-state index contributed by atoms with van der Waals surface area (Å²) < 4.78 is 20.9. The van der Waals surface area contributed by atoms with Gasteiger partial charge in [0.25, 0.3) is 0 Å². The van der Waals surface area contributed by atoms with E-state index in [4.69, 9.17) is 13.9 Å². The topological polar surface area (TPSA) is 27.7 Å². The van der Waals surface area contributed by atoms with Crippen LogP contribution in [0.5, 0.6) is 0 Å². The Kier molecular flexibility index (Phi) is 7.90. The van der Waals surface area contributed by atoms with Gasteiger partial charge in [-0.15, -0.1) is 0 Å². The van der Waals surface area contributed by atoms with Gasteiger partial charge in [0.2, 0.25) is 0 Å². The van der Waals surface area contributed by atoms with E-state index in [1.165, 1.54) is 14.8 Å². The first-order valence-corrected chi connectivity index (χ1v) is 15.3. The van der Waals surface area contributed by atoms with Crippen molar-refractivity contribution in [2.75, 3.05) is 13.7 Å². The molecule has 3 atom stereocenters. The predicted octanol–water partition coefficient (Wildman–Crippen LogP) is 3.72. The van der Waals surface area contributed by atoms with Gasteiger partial charge in [-0.2, -0.15) is 0 Å². The van der Waals surface area contributed by atoms with Crippen molar-refractivity contribution >= 4 is 38.1 Å². The number of benzene rings is 3. The van der Waals surface area contributed by atoms with Crippen molar-refractivity contribution in [2.45, 2.75) is 49.4 Å². The van der Waals surface area contributed by atoms with E-state index in [1.54, 1.807) is 7.11 Å². The van der Waals surface area contributed by atoms with Crippen molar-refractivity contribution < 1.29 is 13.9 Å². The third-order valence-corrected chi connectivity index (χ3v) is 13.7. The van der Waals surface area contributed by atoms with Gasteiger partial charge in [0.05, 0.1) is 0 Å². The van der Waals surface area contributed by atoms with Crippen LogP contribution >= 0.6 is 0 Å². The van der Waals surface area contributed by atoms with Crippen LogP contribution in [0.3, 0.4) is 0 Å². The van der Waals surface area contributed by atoms with Gasteiger partial charge in [0, 0.05) is 0 Å². The molecular formula is C28H34O3SeSi. The van der Waals surface area contributed by atoms with E-state index in [9.17, 15) is 0 Å². The quantitative estimate of drug-likeness (QED) is 0.420. The van der Waals surface area contributed by atoms with Crippen LogP contribution in [0, 0.1) is 0 Å². The third kappa shape index (κ3) is 5.35. The van der Waals surface area contributed by atoms with Crippen molar-refractivity contribution in [3.8, 4) is 0 Å². The van der Waals surface area contributed by atoms with Gasteiger partial charge in [-0.3, -0.25) is 0 Å². The Morgan fingerprint density at radius 2 is 1.36 bits per heavy atom. The normalized spacial score (nSPS) is 21.3. The molecule has 1 saturated heterocycles. The zero-order chi connectivity index (χ0) is 23.3. The molecule has 0 aliphatic carbocycles. The van der Waals surface area contributed by atoms with E-state index in [0.717, 1.165) is 6.42 Å². The Hall–Kier alpha value is -1.72. The summed E-state index contributed by atoms with van der Waals surface area (Å²) in [6.07, 6.45) is 0.909. The second-order valence-electron chi connectivity index (χ2n) is 9.52. The summed E-state index contributed by atoms with van der Waals surface area (Å²) in [5.74, 6) is 0. The van der Waals surface area contributed by atoms with Crippen LogP contribution in [0.15, 0.2) is 91.0 Å². The van der Waals surface area contributed by atoms with E-state index < -0.39 is 8.32 Å². The van der Waals surface area contributed by atoms with Gasteiger partial charge in [-0.25, -0.2) is 0 Å². The molecule has 0 radical (unpaired) electrons. The maximum atomic E-state index is 7.12. The number of hydrogen-bond donors (Lipinski definition) is 0. The Morgan fingerprint density at radius 3 is 1.85 bits per heavy atom. The molecule has 0 N–H and O–H groups in total. The summed E-state index contributed by atoms with van der Waals surface area (Å²) >= 11 is 0.254. The van der Waals surface area contributed by atoms with Gasteiger partial charge in [0.1, 0.15) is 0 Å². The van der Waals surface area contributed by atoms with Crippen LogP contribution in [0.4, 0.5) is 0 Å². The zero-order valence-electron chi connectivity index (χ0n) is 19.9. The Balaban J connectivity index is 1.60. The molecule has 1 aliphatic heterocycles. The number of ether oxygens (including phenoxy) is 2. The second-order valence-corrected chi connectivity index (χ2v) is 16.4. The zero-order valence-corrected chi connectivity index (χ0v) is 22.7. The van der Waals surface area contributed by atoms with Crippen molar-refractivity contribution in [1.82, 2.24) is 0 Å². The molecule has 0 spiro atoms. The van der Waals surface area contributed by atoms with Crippen LogP contribution in [-0.4, -0.2) is 54.2 Å². The first kappa shape index (κ1) is 24.4. The second kappa shape index (κ2) is 10.7. The molecule has 33 heavy (non-hydrogen) atoms. The summed E-state index contributed by atoms with van der Waals surface area (Å²) in [5.41, 5.74) is 0. The fraction of sp³-hybridized carbons (Fsp3) is 0.357. The Bertz CT molecular complexity index is 952. The average molecular weight is 526 g/mol. The van der Waals surface area contributed by atoms with Crippen molar-refractivity contribution in [3.05, 3.63) is 91.0 Å². The summed E-state index contributed by atoms with van der Waals surface area (Å²) in [6.45, 7) is 7.46. The third-order valence-electron chi connectivity index (χ3n) is 6.36. The number of hydrogen-bond acceptors (Lipinski definition) is 3. The molecule has 1 unspecified atom stereocenters. The van der Waals surface area contributed by atoms with Crippen molar-refractivity contribution in [1.29, 1.82) is 0 Å². The molecule has 0 aromatic heterocycles. The van der Waals surface area contributed by atoms with Crippen LogP contribution in [0.1, 0.15) is 27.2 Å². The maximum absolute atomic E-state index is 7.12. The van der Waals surface area contributed by atoms with E-state index in [1.807, 2.05) is 0 Å². The van der Waals surface area contributed by atoms with E-state index in [-0.39, 0.29) is 37.2 Å². The number of methoxy groups -OCH3 is 1. The first-order chi connectivity index (χ1) is 15.9. The monoisotopic (exact) mass is 526 g/mol. The molecule has 0 amide bonds. The Morgan fingerprint density at radius 1 is 0.848 bits per heavy atom. The average Bonchev–Trinajstić information content (AvgIpc) is 3.22. The molecule has 1 fully saturated rings. The summed E-state index contributed by atoms with van der Waals surface area (Å²) in [7, 11) is -0.792. The SMILES string of the molecule is CO[C@@H]1CC([Se]c2ccccc2)O[C@@H]1CO[Si](c1ccccc1)(c1ccccc1)C(C)(C)C. The molecule has 0 bridgehead atoms. The van der Waals surface area contributed by atoms with E-state index >= 15 is 0 Å². The standard InChI is InChI=1S/C28H34O3SeSi/c1-28(2,3)33(23-16-10-6-11-17-23,24-18-12-7-13-19-24)30-21-26-25(29-4)20-27(31-26)32-22-14-8-5-9-15-22/h5-19,25-27H,20-21H2,1-4H3/t25-,26-,27?/m1/s1. The summed E-state index contributed by atoms with van der Waals surface area (Å²) in [6, 6.07) is 32.2. The van der Waals surface area contributed by atoms with Crippen molar-refractivity contribution in [2.24, 2.45) is 0 Å². The van der Waals surface area contributed by atoms with Crippen LogP contribution in [0.25, 0.3) is 0 Å². The molecule has 3 aromatic carbocycles. The summed E-state index contributed by atoms with van der Waals surface area (Å²) in [5, 5.41) is 2.74. The predicted molar refractivity (Wildman–Crippen MR) is 139 cm³/mol. The van der Waals surface area contributed by atoms with Gasteiger partial charge in [-0.1, -0.05) is 0 Å². The van der Waals surface area contributed by atoms with Crippen LogP contribution in [0.2, 0.25) is 5.04 Å². The molecule has 1 heterocycles. The minimum absolute atomic E-state index is 0.0513. The number of rotatable bonds is 8. The van der Waals surface area contributed by atoms with E-state index in [2.05, 4.69) is 112 Å². The molecular weight excluding hydrogens is 491 g/mol. The van der Waals surface area contributed by atoms with Gasteiger partial charge in [-0.05, 0) is 0 Å². The molecule has 3 nitrogen and oxygen atoms in total. The molecule has 174 valence electrons. The molecule has 0 saturated carbocycles. The van der Waals surface area contributed by atoms with Gasteiger partial charge >= 0.3 is 206 Å². The van der Waals surface area contributed by atoms with Crippen LogP contribution in [-0.2, 0) is 13.9 Å². The van der Waals surface area contributed by atoms with E-state index in [0.29, 0.717) is 6.61 Å². The fourth-order valence-electron chi connectivity index (χ4n) is 4.77. The van der Waals surface area contributed by atoms with Crippen LogP contribution < -0.4 is 14.8 Å². The molecule has 1 aliphatic rings. The Labute approximate surface area is 205 Å². The molecule has 4 rings (SSSR count). The molecule has 3 aromatic rings.